The van der Waals surface area contributed by atoms with Crippen LogP contribution < -0.4 is 5.32 Å². The van der Waals surface area contributed by atoms with E-state index < -0.39 is 0 Å². The molecule has 0 spiro atoms. The van der Waals surface area contributed by atoms with Gasteiger partial charge in [-0.05, 0) is 30.9 Å². The minimum absolute atomic E-state index is 0.605. The maximum absolute atomic E-state index is 5.58. The monoisotopic (exact) mass is 222 g/mol. The quantitative estimate of drug-likeness (QED) is 0.720. The van der Waals surface area contributed by atoms with E-state index in [1.54, 1.807) is 6.20 Å². The predicted molar refractivity (Wildman–Crippen MR) is 67.5 cm³/mol. The van der Waals surface area contributed by atoms with Crippen molar-refractivity contribution < 1.29 is 4.74 Å². The highest BCUT2D eigenvalue weighted by molar-refractivity contribution is 5.42. The van der Waals surface area contributed by atoms with Crippen LogP contribution in [-0.2, 0) is 11.3 Å². The topological polar surface area (TPSA) is 34.2 Å². The van der Waals surface area contributed by atoms with E-state index in [1.807, 2.05) is 19.2 Å². The van der Waals surface area contributed by atoms with Gasteiger partial charge in [-0.15, -0.1) is 0 Å². The normalized spacial score (nSPS) is 10.8. The molecule has 90 valence electrons. The molecule has 1 N–H and O–H groups in total. The maximum atomic E-state index is 5.58. The molecule has 0 aliphatic rings. The van der Waals surface area contributed by atoms with Gasteiger partial charge in [0.1, 0.15) is 0 Å². The highest BCUT2D eigenvalue weighted by Gasteiger charge is 1.97. The van der Waals surface area contributed by atoms with Crippen LogP contribution in [0.2, 0.25) is 0 Å². The first-order chi connectivity index (χ1) is 7.72. The second-order valence-electron chi connectivity index (χ2n) is 4.37. The number of hydrogen-bond acceptors (Lipinski definition) is 3. The van der Waals surface area contributed by atoms with Gasteiger partial charge in [0.25, 0.3) is 0 Å². The van der Waals surface area contributed by atoms with E-state index in [0.29, 0.717) is 6.61 Å². The summed E-state index contributed by atoms with van der Waals surface area (Å²) in [7, 11) is 1.91. The number of nitrogens with one attached hydrogen (secondary N) is 1. The van der Waals surface area contributed by atoms with Crippen molar-refractivity contribution in [2.45, 2.75) is 33.3 Å². The molecular formula is C13H22N2O. The summed E-state index contributed by atoms with van der Waals surface area (Å²) in [6, 6.07) is 3.96. The van der Waals surface area contributed by atoms with E-state index in [9.17, 15) is 0 Å². The molecule has 3 heteroatoms. The molecule has 0 amide bonds. The number of ether oxygens (including phenoxy) is 1. The van der Waals surface area contributed by atoms with Crippen LogP contribution in [0.15, 0.2) is 18.3 Å². The first-order valence-corrected chi connectivity index (χ1v) is 5.93. The number of pyridine rings is 1. The molecule has 0 unspecified atom stereocenters. The van der Waals surface area contributed by atoms with Crippen molar-refractivity contribution in [3.63, 3.8) is 0 Å². The smallest absolute Gasteiger partial charge is 0.0888 e. The first-order valence-electron chi connectivity index (χ1n) is 5.93. The number of nitrogens with zero attached hydrogens (tertiary/aromatic N) is 1. The van der Waals surface area contributed by atoms with Crippen molar-refractivity contribution in [1.82, 2.24) is 4.98 Å². The summed E-state index contributed by atoms with van der Waals surface area (Å²) in [5, 5.41) is 3.09. The van der Waals surface area contributed by atoms with E-state index in [1.165, 1.54) is 6.42 Å². The lowest BCUT2D eigenvalue weighted by Gasteiger charge is -2.06. The molecule has 16 heavy (non-hydrogen) atoms. The first kappa shape index (κ1) is 13.0. The average Bonchev–Trinajstić information content (AvgIpc) is 2.28. The summed E-state index contributed by atoms with van der Waals surface area (Å²) in [6.07, 6.45) is 4.16. The van der Waals surface area contributed by atoms with Crippen molar-refractivity contribution >= 4 is 5.69 Å². The third-order valence-electron chi connectivity index (χ3n) is 2.43. The third-order valence-corrected chi connectivity index (χ3v) is 2.43. The molecule has 1 aromatic heterocycles. The van der Waals surface area contributed by atoms with Crippen LogP contribution >= 0.6 is 0 Å². The lowest BCUT2D eigenvalue weighted by atomic mass is 10.1. The van der Waals surface area contributed by atoms with Gasteiger partial charge >= 0.3 is 0 Å². The zero-order valence-electron chi connectivity index (χ0n) is 10.5. The summed E-state index contributed by atoms with van der Waals surface area (Å²) in [6.45, 7) is 5.90. The molecule has 0 saturated heterocycles. The van der Waals surface area contributed by atoms with Gasteiger partial charge in [0.05, 0.1) is 12.3 Å². The fourth-order valence-corrected chi connectivity index (χ4v) is 1.48. The number of hydrogen-bond donors (Lipinski definition) is 1. The van der Waals surface area contributed by atoms with Gasteiger partial charge in [-0.3, -0.25) is 4.98 Å². The van der Waals surface area contributed by atoms with Gasteiger partial charge < -0.3 is 10.1 Å². The standard InChI is InChI=1S/C13H22N2O/c1-11(2)5-4-8-16-10-13-9-12(14-3)6-7-15-13/h6-7,9,11H,4-5,8,10H2,1-3H3,(H,14,15). The Morgan fingerprint density at radius 2 is 2.25 bits per heavy atom. The highest BCUT2D eigenvalue weighted by atomic mass is 16.5. The van der Waals surface area contributed by atoms with Gasteiger partial charge in [0.2, 0.25) is 0 Å². The highest BCUT2D eigenvalue weighted by Crippen LogP contribution is 2.08. The second-order valence-corrected chi connectivity index (χ2v) is 4.37. The van der Waals surface area contributed by atoms with Crippen LogP contribution in [0.4, 0.5) is 5.69 Å². The van der Waals surface area contributed by atoms with Crippen LogP contribution in [0.3, 0.4) is 0 Å². The minimum Gasteiger partial charge on any atom is -0.388 e. The summed E-state index contributed by atoms with van der Waals surface area (Å²) in [4.78, 5) is 4.26. The van der Waals surface area contributed by atoms with Gasteiger partial charge in [-0.1, -0.05) is 13.8 Å². The Morgan fingerprint density at radius 3 is 2.94 bits per heavy atom. The minimum atomic E-state index is 0.605. The maximum Gasteiger partial charge on any atom is 0.0888 e. The van der Waals surface area contributed by atoms with Gasteiger partial charge in [0.15, 0.2) is 0 Å². The van der Waals surface area contributed by atoms with Crippen molar-refractivity contribution in [1.29, 1.82) is 0 Å². The number of anilines is 1. The molecular weight excluding hydrogens is 200 g/mol. The SMILES string of the molecule is CNc1ccnc(COCCCC(C)C)c1. The van der Waals surface area contributed by atoms with Gasteiger partial charge in [-0.2, -0.15) is 0 Å². The van der Waals surface area contributed by atoms with E-state index in [4.69, 9.17) is 4.74 Å². The molecule has 3 nitrogen and oxygen atoms in total. The molecule has 0 bridgehead atoms. The molecule has 1 rings (SSSR count). The summed E-state index contributed by atoms with van der Waals surface area (Å²) in [5.41, 5.74) is 2.06. The molecule has 0 aliphatic carbocycles. The van der Waals surface area contributed by atoms with E-state index in [-0.39, 0.29) is 0 Å². The van der Waals surface area contributed by atoms with Crippen LogP contribution in [0.1, 0.15) is 32.4 Å². The molecule has 0 aromatic carbocycles. The Hall–Kier alpha value is -1.09. The third kappa shape index (κ3) is 5.12. The molecule has 0 aliphatic heterocycles. The molecule has 0 atom stereocenters. The molecule has 0 fully saturated rings. The van der Waals surface area contributed by atoms with Crippen molar-refractivity contribution in [2.75, 3.05) is 19.0 Å². The molecule has 0 saturated carbocycles. The fraction of sp³-hybridized carbons (Fsp3) is 0.615. The Balaban J connectivity index is 2.21. The average molecular weight is 222 g/mol. The van der Waals surface area contributed by atoms with Crippen LogP contribution in [0.25, 0.3) is 0 Å². The van der Waals surface area contributed by atoms with Crippen molar-refractivity contribution in [2.24, 2.45) is 5.92 Å². The van der Waals surface area contributed by atoms with Gasteiger partial charge in [-0.25, -0.2) is 0 Å². The molecule has 0 radical (unpaired) electrons. The fourth-order valence-electron chi connectivity index (χ4n) is 1.48. The van der Waals surface area contributed by atoms with Crippen molar-refractivity contribution in [3.8, 4) is 0 Å². The van der Waals surface area contributed by atoms with E-state index in [2.05, 4.69) is 24.1 Å². The zero-order valence-corrected chi connectivity index (χ0v) is 10.5. The zero-order chi connectivity index (χ0) is 11.8. The lowest BCUT2D eigenvalue weighted by Crippen LogP contribution is -2.00. The number of aromatic nitrogens is 1. The lowest BCUT2D eigenvalue weighted by molar-refractivity contribution is 0.112. The van der Waals surface area contributed by atoms with Crippen LogP contribution in [0, 0.1) is 5.92 Å². The van der Waals surface area contributed by atoms with E-state index >= 15 is 0 Å². The molecule has 1 heterocycles. The predicted octanol–water partition coefficient (Wildman–Crippen LogP) is 3.08. The summed E-state index contributed by atoms with van der Waals surface area (Å²) >= 11 is 0. The Kier molecular flexibility index (Phi) is 5.86. The summed E-state index contributed by atoms with van der Waals surface area (Å²) < 4.78 is 5.58. The summed E-state index contributed by atoms with van der Waals surface area (Å²) in [5.74, 6) is 0.759. The second kappa shape index (κ2) is 7.23. The van der Waals surface area contributed by atoms with Crippen LogP contribution in [-0.4, -0.2) is 18.6 Å². The molecule has 1 aromatic rings. The van der Waals surface area contributed by atoms with Crippen molar-refractivity contribution in [3.05, 3.63) is 24.0 Å². The Morgan fingerprint density at radius 1 is 1.44 bits per heavy atom. The largest absolute Gasteiger partial charge is 0.388 e. The number of rotatable bonds is 7. The van der Waals surface area contributed by atoms with Crippen LogP contribution in [0.5, 0.6) is 0 Å². The van der Waals surface area contributed by atoms with E-state index in [0.717, 1.165) is 30.3 Å². The van der Waals surface area contributed by atoms with Gasteiger partial charge in [0, 0.05) is 25.5 Å². The Labute approximate surface area is 98.2 Å². The Bertz CT molecular complexity index is 300.